The van der Waals surface area contributed by atoms with E-state index in [1.807, 2.05) is 42.2 Å². The Morgan fingerprint density at radius 3 is 2.26 bits per heavy atom. The maximum absolute atomic E-state index is 13.6. The molecule has 0 radical (unpaired) electrons. The number of halogens is 2. The fraction of sp³-hybridized carbons (Fsp3) is 0.120. The van der Waals surface area contributed by atoms with Crippen LogP contribution in [0.15, 0.2) is 84.6 Å². The number of nitrogens with zero attached hydrogens (tertiary/aromatic N) is 2. The average Bonchev–Trinajstić information content (AvgIpc) is 3.03. The van der Waals surface area contributed by atoms with Gasteiger partial charge in [-0.2, -0.15) is 0 Å². The standard InChI is InChI=1S/C25H20ClFN2O2/c1-2-28(16-17-7-4-3-5-8-17)23-22(18-11-13-20(27)14-12-18)24(30)29(25(23)31)21-10-6-9-19(26)15-21/h3-15H,2,16H2,1H3. The fourth-order valence-electron chi connectivity index (χ4n) is 3.69. The molecule has 1 aliphatic heterocycles. The molecule has 6 heteroatoms. The van der Waals surface area contributed by atoms with Crippen molar-refractivity contribution < 1.29 is 14.0 Å². The minimum Gasteiger partial charge on any atom is -0.362 e. The Labute approximate surface area is 185 Å². The van der Waals surface area contributed by atoms with E-state index in [4.69, 9.17) is 11.6 Å². The number of imide groups is 1. The van der Waals surface area contributed by atoms with Gasteiger partial charge in [0.05, 0.1) is 11.3 Å². The van der Waals surface area contributed by atoms with E-state index in [9.17, 15) is 14.0 Å². The van der Waals surface area contributed by atoms with Crippen LogP contribution in [0.5, 0.6) is 0 Å². The third kappa shape index (κ3) is 4.09. The molecule has 0 N–H and O–H groups in total. The highest BCUT2D eigenvalue weighted by Gasteiger charge is 2.42. The molecule has 1 heterocycles. The summed E-state index contributed by atoms with van der Waals surface area (Å²) in [5, 5.41) is 0.423. The molecule has 0 spiro atoms. The van der Waals surface area contributed by atoms with Crippen molar-refractivity contribution in [2.45, 2.75) is 13.5 Å². The highest BCUT2D eigenvalue weighted by atomic mass is 35.5. The van der Waals surface area contributed by atoms with Gasteiger partial charge in [0.1, 0.15) is 11.5 Å². The number of rotatable bonds is 6. The van der Waals surface area contributed by atoms with Crippen molar-refractivity contribution >= 4 is 34.7 Å². The Kier molecular flexibility index (Phi) is 5.87. The molecule has 0 saturated carbocycles. The number of benzene rings is 3. The zero-order chi connectivity index (χ0) is 22.0. The molecule has 0 fully saturated rings. The fourth-order valence-corrected chi connectivity index (χ4v) is 3.88. The van der Waals surface area contributed by atoms with Gasteiger partial charge >= 0.3 is 0 Å². The number of carbonyl (C=O) groups is 2. The van der Waals surface area contributed by atoms with Crippen molar-refractivity contribution in [1.82, 2.24) is 4.90 Å². The molecule has 3 aromatic rings. The molecular weight excluding hydrogens is 415 g/mol. The molecule has 1 aliphatic rings. The molecule has 156 valence electrons. The molecule has 4 nitrogen and oxygen atoms in total. The lowest BCUT2D eigenvalue weighted by atomic mass is 10.0. The molecule has 2 amide bonds. The summed E-state index contributed by atoms with van der Waals surface area (Å²) in [7, 11) is 0. The van der Waals surface area contributed by atoms with Crippen molar-refractivity contribution in [2.24, 2.45) is 0 Å². The first kappa shape index (κ1) is 20.8. The first-order valence-electron chi connectivity index (χ1n) is 9.93. The Balaban J connectivity index is 1.83. The Morgan fingerprint density at radius 1 is 0.903 bits per heavy atom. The van der Waals surface area contributed by atoms with E-state index in [1.165, 1.54) is 24.3 Å². The van der Waals surface area contributed by atoms with Crippen LogP contribution in [0.2, 0.25) is 5.02 Å². The maximum atomic E-state index is 13.6. The van der Waals surface area contributed by atoms with Crippen molar-refractivity contribution in [3.05, 3.63) is 107 Å². The predicted molar refractivity (Wildman–Crippen MR) is 120 cm³/mol. The van der Waals surface area contributed by atoms with Crippen LogP contribution in [-0.2, 0) is 16.1 Å². The molecule has 0 aliphatic carbocycles. The number of anilines is 1. The van der Waals surface area contributed by atoms with Crippen LogP contribution in [0, 0.1) is 5.82 Å². The molecule has 0 saturated heterocycles. The van der Waals surface area contributed by atoms with Crippen molar-refractivity contribution in [2.75, 3.05) is 11.4 Å². The van der Waals surface area contributed by atoms with Crippen LogP contribution in [0.4, 0.5) is 10.1 Å². The second-order valence-corrected chi connectivity index (χ2v) is 7.59. The van der Waals surface area contributed by atoms with Gasteiger partial charge in [-0.3, -0.25) is 9.59 Å². The zero-order valence-electron chi connectivity index (χ0n) is 16.9. The van der Waals surface area contributed by atoms with Crippen LogP contribution in [0.25, 0.3) is 5.57 Å². The number of amides is 2. The molecular formula is C25H20ClFN2O2. The Morgan fingerprint density at radius 2 is 1.61 bits per heavy atom. The van der Waals surface area contributed by atoms with Crippen molar-refractivity contribution in [3.63, 3.8) is 0 Å². The lowest BCUT2D eigenvalue weighted by Crippen LogP contribution is -2.35. The van der Waals surface area contributed by atoms with E-state index in [1.54, 1.807) is 24.3 Å². The highest BCUT2D eigenvalue weighted by Crippen LogP contribution is 2.36. The van der Waals surface area contributed by atoms with E-state index in [2.05, 4.69) is 0 Å². The van der Waals surface area contributed by atoms with E-state index >= 15 is 0 Å². The van der Waals surface area contributed by atoms with Gasteiger partial charge in [0.2, 0.25) is 0 Å². The summed E-state index contributed by atoms with van der Waals surface area (Å²) in [5.74, 6) is -1.30. The number of hydrogen-bond donors (Lipinski definition) is 0. The quantitative estimate of drug-likeness (QED) is 0.495. The first-order valence-corrected chi connectivity index (χ1v) is 10.3. The molecule has 0 bridgehead atoms. The molecule has 4 rings (SSSR count). The lowest BCUT2D eigenvalue weighted by molar-refractivity contribution is -0.120. The minimum absolute atomic E-state index is 0.253. The van der Waals surface area contributed by atoms with Gasteiger partial charge in [0, 0.05) is 18.1 Å². The second kappa shape index (κ2) is 8.74. The summed E-state index contributed by atoms with van der Waals surface area (Å²) in [6.07, 6.45) is 0. The molecule has 0 aromatic heterocycles. The topological polar surface area (TPSA) is 40.6 Å². The Hall–Kier alpha value is -3.44. The van der Waals surface area contributed by atoms with E-state index < -0.39 is 17.6 Å². The third-order valence-electron chi connectivity index (χ3n) is 5.17. The van der Waals surface area contributed by atoms with Gasteiger partial charge in [-0.15, -0.1) is 0 Å². The molecule has 3 aromatic carbocycles. The predicted octanol–water partition coefficient (Wildman–Crippen LogP) is 5.29. The third-order valence-corrected chi connectivity index (χ3v) is 5.41. The Bertz CT molecular complexity index is 1160. The van der Waals surface area contributed by atoms with E-state index in [0.717, 1.165) is 10.5 Å². The highest BCUT2D eigenvalue weighted by molar-refractivity contribution is 6.45. The summed E-state index contributed by atoms with van der Waals surface area (Å²) >= 11 is 6.11. The number of carbonyl (C=O) groups excluding carboxylic acids is 2. The van der Waals surface area contributed by atoms with Crippen LogP contribution in [-0.4, -0.2) is 23.3 Å². The summed E-state index contributed by atoms with van der Waals surface area (Å²) in [5.41, 5.74) is 2.45. The van der Waals surface area contributed by atoms with Gasteiger partial charge < -0.3 is 4.90 Å². The molecule has 31 heavy (non-hydrogen) atoms. The second-order valence-electron chi connectivity index (χ2n) is 7.16. The summed E-state index contributed by atoms with van der Waals surface area (Å²) in [6.45, 7) is 2.90. The van der Waals surface area contributed by atoms with Gasteiger partial charge in [0.15, 0.2) is 0 Å². The first-order chi connectivity index (χ1) is 15.0. The number of likely N-dealkylation sites (N-methyl/N-ethyl adjacent to an activating group) is 1. The zero-order valence-corrected chi connectivity index (χ0v) is 17.6. The van der Waals surface area contributed by atoms with Gasteiger partial charge in [0.25, 0.3) is 11.8 Å². The summed E-state index contributed by atoms with van der Waals surface area (Å²) in [6, 6.07) is 21.9. The summed E-state index contributed by atoms with van der Waals surface area (Å²) in [4.78, 5) is 30.0. The smallest absolute Gasteiger partial charge is 0.282 e. The SMILES string of the molecule is CCN(Cc1ccccc1)C1=C(c2ccc(F)cc2)C(=O)N(c2cccc(Cl)c2)C1=O. The van der Waals surface area contributed by atoms with E-state index in [0.29, 0.717) is 35.1 Å². The van der Waals surface area contributed by atoms with Gasteiger partial charge in [-0.1, -0.05) is 60.1 Å². The van der Waals surface area contributed by atoms with Crippen LogP contribution in [0.3, 0.4) is 0 Å². The van der Waals surface area contributed by atoms with Crippen molar-refractivity contribution in [1.29, 1.82) is 0 Å². The van der Waals surface area contributed by atoms with Gasteiger partial charge in [-0.25, -0.2) is 9.29 Å². The lowest BCUT2D eigenvalue weighted by Gasteiger charge is -2.25. The average molecular weight is 435 g/mol. The van der Waals surface area contributed by atoms with Crippen molar-refractivity contribution in [3.8, 4) is 0 Å². The number of hydrogen-bond acceptors (Lipinski definition) is 3. The molecule has 0 atom stereocenters. The normalized spacial score (nSPS) is 13.8. The van der Waals surface area contributed by atoms with Crippen LogP contribution < -0.4 is 4.90 Å². The van der Waals surface area contributed by atoms with Gasteiger partial charge in [-0.05, 0) is 48.4 Å². The maximum Gasteiger partial charge on any atom is 0.282 e. The van der Waals surface area contributed by atoms with Crippen LogP contribution in [0.1, 0.15) is 18.1 Å². The minimum atomic E-state index is -0.458. The van der Waals surface area contributed by atoms with Crippen LogP contribution >= 0.6 is 11.6 Å². The van der Waals surface area contributed by atoms with E-state index in [-0.39, 0.29) is 5.57 Å². The summed E-state index contributed by atoms with van der Waals surface area (Å²) < 4.78 is 13.5. The monoisotopic (exact) mass is 434 g/mol. The molecule has 0 unspecified atom stereocenters. The largest absolute Gasteiger partial charge is 0.362 e.